The van der Waals surface area contributed by atoms with Gasteiger partial charge in [0, 0.05) is 22.9 Å². The zero-order chi connectivity index (χ0) is 13.8. The third kappa shape index (κ3) is 5.84. The molecule has 0 bridgehead atoms. The second-order valence-electron chi connectivity index (χ2n) is 4.42. The predicted octanol–water partition coefficient (Wildman–Crippen LogP) is 1.85. The second-order valence-corrected chi connectivity index (χ2v) is 7.82. The van der Waals surface area contributed by atoms with E-state index in [2.05, 4.69) is 0 Å². The highest BCUT2D eigenvalue weighted by Crippen LogP contribution is 2.23. The van der Waals surface area contributed by atoms with Gasteiger partial charge in [0.2, 0.25) is 0 Å². The lowest BCUT2D eigenvalue weighted by Crippen LogP contribution is -2.17. The standard InChI is InChI=1S/C12H18FNO2S2/c1-9(14)7-10-3-4-12(11(13)8-10)17-5-6-18(2,15)16/h3-4,8-9H,5-7,14H2,1-2H3. The number of sulfone groups is 1. The zero-order valence-corrected chi connectivity index (χ0v) is 12.2. The number of hydrogen-bond acceptors (Lipinski definition) is 4. The molecule has 102 valence electrons. The fourth-order valence-corrected chi connectivity index (χ4v) is 3.59. The molecule has 1 unspecified atom stereocenters. The van der Waals surface area contributed by atoms with Crippen LogP contribution in [0.1, 0.15) is 12.5 Å². The van der Waals surface area contributed by atoms with Gasteiger partial charge in [0.25, 0.3) is 0 Å². The van der Waals surface area contributed by atoms with Crippen molar-refractivity contribution in [3.8, 4) is 0 Å². The number of nitrogens with two attached hydrogens (primary N) is 1. The van der Waals surface area contributed by atoms with E-state index in [1.54, 1.807) is 6.07 Å². The molecule has 0 aliphatic carbocycles. The topological polar surface area (TPSA) is 60.2 Å². The molecule has 0 fully saturated rings. The lowest BCUT2D eigenvalue weighted by atomic mass is 10.1. The van der Waals surface area contributed by atoms with Crippen LogP contribution < -0.4 is 5.73 Å². The van der Waals surface area contributed by atoms with Crippen molar-refractivity contribution in [3.63, 3.8) is 0 Å². The first-order valence-electron chi connectivity index (χ1n) is 5.62. The van der Waals surface area contributed by atoms with Crippen LogP contribution in [-0.4, -0.2) is 32.2 Å². The molecule has 0 heterocycles. The first kappa shape index (κ1) is 15.5. The summed E-state index contributed by atoms with van der Waals surface area (Å²) >= 11 is 1.22. The highest BCUT2D eigenvalue weighted by atomic mass is 32.2. The van der Waals surface area contributed by atoms with E-state index in [1.165, 1.54) is 24.1 Å². The van der Waals surface area contributed by atoms with Crippen molar-refractivity contribution in [2.75, 3.05) is 17.8 Å². The Kier molecular flexibility index (Phi) is 5.62. The maximum atomic E-state index is 13.7. The van der Waals surface area contributed by atoms with Crippen LogP contribution >= 0.6 is 11.8 Å². The Balaban J connectivity index is 2.62. The van der Waals surface area contributed by atoms with Crippen LogP contribution in [0.3, 0.4) is 0 Å². The molecular formula is C12H18FNO2S2. The summed E-state index contributed by atoms with van der Waals surface area (Å²) in [7, 11) is -2.99. The molecule has 1 aromatic carbocycles. The molecule has 2 N–H and O–H groups in total. The molecule has 0 spiro atoms. The van der Waals surface area contributed by atoms with Crippen molar-refractivity contribution < 1.29 is 12.8 Å². The Labute approximate surface area is 112 Å². The number of thioether (sulfide) groups is 1. The normalized spacial score (nSPS) is 13.6. The summed E-state index contributed by atoms with van der Waals surface area (Å²) in [5.74, 6) is 0.104. The number of hydrogen-bond donors (Lipinski definition) is 1. The van der Waals surface area contributed by atoms with Gasteiger partial charge in [-0.25, -0.2) is 12.8 Å². The summed E-state index contributed by atoms with van der Waals surface area (Å²) in [6.45, 7) is 1.87. The van der Waals surface area contributed by atoms with Gasteiger partial charge >= 0.3 is 0 Å². The van der Waals surface area contributed by atoms with Gasteiger partial charge < -0.3 is 5.73 Å². The van der Waals surface area contributed by atoms with Gasteiger partial charge in [0.05, 0.1) is 5.75 Å². The van der Waals surface area contributed by atoms with Gasteiger partial charge in [0.1, 0.15) is 15.7 Å². The Bertz CT molecular complexity index is 501. The fourth-order valence-electron chi connectivity index (χ4n) is 1.46. The maximum absolute atomic E-state index is 13.7. The van der Waals surface area contributed by atoms with Gasteiger partial charge in [-0.1, -0.05) is 6.07 Å². The first-order chi connectivity index (χ1) is 8.28. The van der Waals surface area contributed by atoms with E-state index in [9.17, 15) is 12.8 Å². The molecule has 1 rings (SSSR count). The van der Waals surface area contributed by atoms with Crippen LogP contribution in [0.2, 0.25) is 0 Å². The molecule has 0 aliphatic heterocycles. The van der Waals surface area contributed by atoms with Crippen LogP contribution in [-0.2, 0) is 16.3 Å². The minimum absolute atomic E-state index is 0.00635. The lowest BCUT2D eigenvalue weighted by Gasteiger charge is -2.08. The Morgan fingerprint density at radius 3 is 2.61 bits per heavy atom. The predicted molar refractivity (Wildman–Crippen MR) is 74.2 cm³/mol. The van der Waals surface area contributed by atoms with Gasteiger partial charge in [-0.2, -0.15) is 0 Å². The van der Waals surface area contributed by atoms with E-state index >= 15 is 0 Å². The van der Waals surface area contributed by atoms with Gasteiger partial charge in [0.15, 0.2) is 0 Å². The van der Waals surface area contributed by atoms with Crippen molar-refractivity contribution in [1.82, 2.24) is 0 Å². The highest BCUT2D eigenvalue weighted by molar-refractivity contribution is 8.00. The molecule has 0 radical (unpaired) electrons. The van der Waals surface area contributed by atoms with Crippen LogP contribution in [0.4, 0.5) is 4.39 Å². The van der Waals surface area contributed by atoms with Crippen LogP contribution in [0, 0.1) is 5.82 Å². The van der Waals surface area contributed by atoms with Gasteiger partial charge in [-0.05, 0) is 31.0 Å². The van der Waals surface area contributed by atoms with E-state index in [4.69, 9.17) is 5.73 Å². The summed E-state index contributed by atoms with van der Waals surface area (Å²) in [4.78, 5) is 0.479. The minimum atomic E-state index is -2.99. The first-order valence-corrected chi connectivity index (χ1v) is 8.67. The molecule has 3 nitrogen and oxygen atoms in total. The maximum Gasteiger partial charge on any atom is 0.148 e. The molecule has 0 saturated heterocycles. The smallest absolute Gasteiger partial charge is 0.148 e. The zero-order valence-electron chi connectivity index (χ0n) is 10.5. The average Bonchev–Trinajstić information content (AvgIpc) is 2.18. The lowest BCUT2D eigenvalue weighted by molar-refractivity contribution is 0.596. The van der Waals surface area contributed by atoms with Gasteiger partial charge in [-0.15, -0.1) is 11.8 Å². The summed E-state index contributed by atoms with van der Waals surface area (Å²) in [5.41, 5.74) is 6.50. The number of rotatable bonds is 6. The van der Waals surface area contributed by atoms with E-state index < -0.39 is 9.84 Å². The Hall–Kier alpha value is -0.590. The highest BCUT2D eigenvalue weighted by Gasteiger charge is 2.08. The molecule has 1 aromatic rings. The van der Waals surface area contributed by atoms with E-state index in [-0.39, 0.29) is 17.6 Å². The van der Waals surface area contributed by atoms with E-state index in [1.807, 2.05) is 13.0 Å². The third-order valence-electron chi connectivity index (χ3n) is 2.27. The molecule has 0 saturated carbocycles. The fraction of sp³-hybridized carbons (Fsp3) is 0.500. The third-order valence-corrected chi connectivity index (χ3v) is 4.52. The Morgan fingerprint density at radius 1 is 1.44 bits per heavy atom. The number of halogens is 1. The van der Waals surface area contributed by atoms with Crippen LogP contribution in [0.25, 0.3) is 0 Å². The monoisotopic (exact) mass is 291 g/mol. The van der Waals surface area contributed by atoms with Crippen molar-refractivity contribution in [2.45, 2.75) is 24.3 Å². The molecular weight excluding hydrogens is 273 g/mol. The summed E-state index contributed by atoms with van der Waals surface area (Å²) in [6, 6.07) is 4.97. The molecule has 18 heavy (non-hydrogen) atoms. The van der Waals surface area contributed by atoms with Crippen molar-refractivity contribution in [1.29, 1.82) is 0 Å². The molecule has 0 amide bonds. The Morgan fingerprint density at radius 2 is 2.11 bits per heavy atom. The number of benzene rings is 1. The second kappa shape index (κ2) is 6.54. The van der Waals surface area contributed by atoms with E-state index in [0.29, 0.717) is 17.1 Å². The largest absolute Gasteiger partial charge is 0.328 e. The summed E-state index contributed by atoms with van der Waals surface area (Å²) < 4.78 is 35.6. The summed E-state index contributed by atoms with van der Waals surface area (Å²) in [5, 5.41) is 0. The van der Waals surface area contributed by atoms with Crippen molar-refractivity contribution >= 4 is 21.6 Å². The van der Waals surface area contributed by atoms with Crippen LogP contribution in [0.15, 0.2) is 23.1 Å². The van der Waals surface area contributed by atoms with Gasteiger partial charge in [-0.3, -0.25) is 0 Å². The quantitative estimate of drug-likeness (QED) is 0.813. The molecule has 1 atom stereocenters. The van der Waals surface area contributed by atoms with Crippen molar-refractivity contribution in [3.05, 3.63) is 29.6 Å². The SMILES string of the molecule is CC(N)Cc1ccc(SCCS(C)(=O)=O)c(F)c1. The average molecular weight is 291 g/mol. The minimum Gasteiger partial charge on any atom is -0.328 e. The van der Waals surface area contributed by atoms with E-state index in [0.717, 1.165) is 5.56 Å². The summed E-state index contributed by atoms with van der Waals surface area (Å²) in [6.07, 6.45) is 1.81. The van der Waals surface area contributed by atoms with Crippen molar-refractivity contribution in [2.24, 2.45) is 5.73 Å². The van der Waals surface area contributed by atoms with Crippen LogP contribution in [0.5, 0.6) is 0 Å². The molecule has 0 aromatic heterocycles. The molecule has 0 aliphatic rings. The molecule has 6 heteroatoms.